The average molecular weight is 418 g/mol. The quantitative estimate of drug-likeness (QED) is 0.416. The molecule has 0 atom stereocenters. The molecular weight excluding hydrogens is 390 g/mol. The molecule has 0 aromatic carbocycles. The van der Waals surface area contributed by atoms with Crippen molar-refractivity contribution in [2.75, 3.05) is 29.9 Å². The van der Waals surface area contributed by atoms with Crippen LogP contribution < -0.4 is 15.5 Å². The molecule has 0 aliphatic carbocycles. The van der Waals surface area contributed by atoms with Gasteiger partial charge in [0.15, 0.2) is 10.3 Å². The second kappa shape index (κ2) is 9.97. The molecule has 0 saturated carbocycles. The van der Waals surface area contributed by atoms with Crippen molar-refractivity contribution < 1.29 is 0 Å². The number of hydrogen-bond donors (Lipinski definition) is 2. The first-order valence-corrected chi connectivity index (χ1v) is 10.9. The van der Waals surface area contributed by atoms with Gasteiger partial charge in [0.2, 0.25) is 5.95 Å². The van der Waals surface area contributed by atoms with Crippen molar-refractivity contribution >= 4 is 40.9 Å². The summed E-state index contributed by atoms with van der Waals surface area (Å²) in [5.74, 6) is 2.67. The Bertz CT molecular complexity index is 777. The summed E-state index contributed by atoms with van der Waals surface area (Å²) in [6, 6.07) is 3.81. The number of rotatable bonds is 6. The van der Waals surface area contributed by atoms with Crippen LogP contribution in [0.25, 0.3) is 0 Å². The summed E-state index contributed by atoms with van der Waals surface area (Å²) < 4.78 is 0. The third-order valence-electron chi connectivity index (χ3n) is 4.43. The van der Waals surface area contributed by atoms with Gasteiger partial charge in [-0.1, -0.05) is 20.8 Å². The van der Waals surface area contributed by atoms with E-state index in [0.717, 1.165) is 36.4 Å². The summed E-state index contributed by atoms with van der Waals surface area (Å²) in [5.41, 5.74) is 0. The molecule has 28 heavy (non-hydrogen) atoms. The molecule has 1 saturated heterocycles. The number of thiocarbonyl (C=S) groups is 1. The van der Waals surface area contributed by atoms with Crippen LogP contribution in [0.15, 0.2) is 34.7 Å². The molecule has 0 bridgehead atoms. The van der Waals surface area contributed by atoms with E-state index in [0.29, 0.717) is 22.1 Å². The Labute approximate surface area is 176 Å². The molecule has 0 spiro atoms. The number of piperidine rings is 1. The van der Waals surface area contributed by atoms with Gasteiger partial charge in [0.25, 0.3) is 0 Å². The van der Waals surface area contributed by atoms with Gasteiger partial charge in [-0.05, 0) is 54.7 Å². The van der Waals surface area contributed by atoms with Crippen molar-refractivity contribution in [2.24, 2.45) is 11.8 Å². The van der Waals surface area contributed by atoms with E-state index in [1.807, 2.05) is 6.07 Å². The summed E-state index contributed by atoms with van der Waals surface area (Å²) in [6.07, 6.45) is 5.80. The molecule has 2 aromatic heterocycles. The van der Waals surface area contributed by atoms with Crippen LogP contribution in [0, 0.1) is 11.8 Å². The molecule has 0 unspecified atom stereocenters. The normalized spacial score (nSPS) is 14.9. The third-order valence-corrected chi connectivity index (χ3v) is 5.49. The number of anilines is 2. The second-order valence-electron chi connectivity index (χ2n) is 7.42. The molecule has 3 rings (SSSR count). The summed E-state index contributed by atoms with van der Waals surface area (Å²) in [4.78, 5) is 20.2. The molecule has 1 aliphatic rings. The van der Waals surface area contributed by atoms with E-state index in [1.165, 1.54) is 24.6 Å². The largest absolute Gasteiger partial charge is 0.362 e. The summed E-state index contributed by atoms with van der Waals surface area (Å²) in [6.45, 7) is 9.38. The van der Waals surface area contributed by atoms with Gasteiger partial charge in [0, 0.05) is 38.1 Å². The molecule has 0 radical (unpaired) electrons. The first kappa shape index (κ1) is 20.7. The fourth-order valence-corrected chi connectivity index (χ4v) is 3.68. The van der Waals surface area contributed by atoms with Gasteiger partial charge in [-0.25, -0.2) is 15.0 Å². The van der Waals surface area contributed by atoms with Crippen LogP contribution in [0.4, 0.5) is 11.8 Å². The van der Waals surface area contributed by atoms with Gasteiger partial charge in [-0.3, -0.25) is 0 Å². The molecule has 1 aliphatic heterocycles. The van der Waals surface area contributed by atoms with Gasteiger partial charge >= 0.3 is 0 Å². The minimum atomic E-state index is 0.496. The zero-order chi connectivity index (χ0) is 19.9. The van der Waals surface area contributed by atoms with Crippen LogP contribution >= 0.6 is 24.0 Å². The number of aromatic nitrogens is 4. The molecule has 2 aromatic rings. The Kier molecular flexibility index (Phi) is 7.38. The molecule has 1 fully saturated rings. The van der Waals surface area contributed by atoms with Gasteiger partial charge in [-0.2, -0.15) is 4.98 Å². The maximum absolute atomic E-state index is 5.40. The fourth-order valence-electron chi connectivity index (χ4n) is 2.79. The maximum atomic E-state index is 5.40. The third kappa shape index (κ3) is 6.27. The lowest BCUT2D eigenvalue weighted by Gasteiger charge is -2.31. The van der Waals surface area contributed by atoms with Crippen LogP contribution in [0.2, 0.25) is 0 Å². The van der Waals surface area contributed by atoms with E-state index in [2.05, 4.69) is 51.3 Å². The van der Waals surface area contributed by atoms with E-state index >= 15 is 0 Å². The Balaban J connectivity index is 1.80. The molecule has 9 heteroatoms. The monoisotopic (exact) mass is 417 g/mol. The van der Waals surface area contributed by atoms with Gasteiger partial charge < -0.3 is 15.5 Å². The van der Waals surface area contributed by atoms with Crippen LogP contribution in [0.1, 0.15) is 33.6 Å². The number of hydrogen-bond acceptors (Lipinski definition) is 7. The average Bonchev–Trinajstić information content (AvgIpc) is 2.67. The van der Waals surface area contributed by atoms with Crippen molar-refractivity contribution in [3.63, 3.8) is 0 Å². The zero-order valence-corrected chi connectivity index (χ0v) is 18.2. The van der Waals surface area contributed by atoms with Crippen LogP contribution in [-0.2, 0) is 0 Å². The summed E-state index contributed by atoms with van der Waals surface area (Å²) >= 11 is 6.82. The first-order valence-electron chi connectivity index (χ1n) is 9.63. The fraction of sp³-hybridized carbons (Fsp3) is 0.526. The highest BCUT2D eigenvalue weighted by atomic mass is 32.2. The van der Waals surface area contributed by atoms with Gasteiger partial charge in [0.05, 0.1) is 0 Å². The topological polar surface area (TPSA) is 78.9 Å². The molecular formula is C19H27N7S2. The Morgan fingerprint density at radius 1 is 1.25 bits per heavy atom. The number of nitrogens with zero attached hydrogens (tertiary/aromatic N) is 5. The smallest absolute Gasteiger partial charge is 0.232 e. The van der Waals surface area contributed by atoms with Gasteiger partial charge in [0.1, 0.15) is 10.8 Å². The van der Waals surface area contributed by atoms with Crippen molar-refractivity contribution in [2.45, 2.75) is 43.8 Å². The Hall–Kier alpha value is -2.00. The molecule has 150 valence electrons. The summed E-state index contributed by atoms with van der Waals surface area (Å²) in [5, 5.41) is 8.31. The highest BCUT2D eigenvalue weighted by Gasteiger charge is 2.19. The molecule has 0 amide bonds. The lowest BCUT2D eigenvalue weighted by atomic mass is 9.99. The van der Waals surface area contributed by atoms with Crippen molar-refractivity contribution in [1.82, 2.24) is 25.3 Å². The molecule has 7 nitrogen and oxygen atoms in total. The Morgan fingerprint density at radius 3 is 2.64 bits per heavy atom. The second-order valence-corrected chi connectivity index (χ2v) is 8.82. The minimum absolute atomic E-state index is 0.496. The lowest BCUT2D eigenvalue weighted by Crippen LogP contribution is -2.34. The first-order chi connectivity index (χ1) is 13.5. The van der Waals surface area contributed by atoms with E-state index in [1.54, 1.807) is 18.5 Å². The standard InChI is InChI=1S/C19H27N7S2/c1-13(2)12-22-18(27)25-17-23-15(26-9-5-14(3)6-10-26)11-16(24-17)28-19-20-7-4-8-21-19/h4,7-8,11,13-14H,5-6,9-10,12H2,1-3H3,(H2,22,23,24,25,27). The molecule has 2 N–H and O–H groups in total. The van der Waals surface area contributed by atoms with E-state index in [9.17, 15) is 0 Å². The van der Waals surface area contributed by atoms with E-state index in [4.69, 9.17) is 17.2 Å². The van der Waals surface area contributed by atoms with Crippen molar-refractivity contribution in [3.05, 3.63) is 24.5 Å². The number of nitrogens with one attached hydrogen (secondary N) is 2. The van der Waals surface area contributed by atoms with Crippen molar-refractivity contribution in [3.8, 4) is 0 Å². The zero-order valence-electron chi connectivity index (χ0n) is 16.6. The van der Waals surface area contributed by atoms with E-state index in [-0.39, 0.29) is 0 Å². The van der Waals surface area contributed by atoms with Crippen LogP contribution in [-0.4, -0.2) is 44.7 Å². The van der Waals surface area contributed by atoms with E-state index < -0.39 is 0 Å². The Morgan fingerprint density at radius 2 is 1.96 bits per heavy atom. The highest BCUT2D eigenvalue weighted by molar-refractivity contribution is 7.99. The van der Waals surface area contributed by atoms with Crippen molar-refractivity contribution in [1.29, 1.82) is 0 Å². The molecule has 3 heterocycles. The SMILES string of the molecule is CC(C)CNC(=S)Nc1nc(Sc2ncccn2)cc(N2CCC(C)CC2)n1. The predicted molar refractivity (Wildman–Crippen MR) is 118 cm³/mol. The van der Waals surface area contributed by atoms with Crippen LogP contribution in [0.5, 0.6) is 0 Å². The predicted octanol–water partition coefficient (Wildman–Crippen LogP) is 3.60. The van der Waals surface area contributed by atoms with Crippen LogP contribution in [0.3, 0.4) is 0 Å². The lowest BCUT2D eigenvalue weighted by molar-refractivity contribution is 0.436. The highest BCUT2D eigenvalue weighted by Crippen LogP contribution is 2.28. The summed E-state index contributed by atoms with van der Waals surface area (Å²) in [7, 11) is 0. The minimum Gasteiger partial charge on any atom is -0.362 e. The maximum Gasteiger partial charge on any atom is 0.232 e. The van der Waals surface area contributed by atoms with Gasteiger partial charge in [-0.15, -0.1) is 0 Å².